The maximum Gasteiger partial charge on any atom is 0.360 e. The minimum absolute atomic E-state index is 0.0108. The van der Waals surface area contributed by atoms with Crippen molar-refractivity contribution >= 4 is 46.6 Å². The molecule has 0 saturated heterocycles. The van der Waals surface area contributed by atoms with Crippen LogP contribution in [0.3, 0.4) is 0 Å². The Morgan fingerprint density at radius 1 is 1.27 bits per heavy atom. The fourth-order valence-electron chi connectivity index (χ4n) is 2.11. The van der Waals surface area contributed by atoms with E-state index >= 15 is 0 Å². The van der Waals surface area contributed by atoms with Crippen molar-refractivity contribution in [1.82, 2.24) is 9.69 Å². The highest BCUT2D eigenvalue weighted by Gasteiger charge is 2.27. The Bertz CT molecular complexity index is 781. The van der Waals surface area contributed by atoms with E-state index in [-0.39, 0.29) is 33.3 Å². The number of esters is 1. The van der Waals surface area contributed by atoms with Crippen LogP contribution in [0.25, 0.3) is 0 Å². The monoisotopic (exact) mass is 418 g/mol. The van der Waals surface area contributed by atoms with E-state index in [1.165, 1.54) is 12.1 Å². The lowest BCUT2D eigenvalue weighted by Gasteiger charge is -2.19. The number of nitrogens with one attached hydrogen (secondary N) is 1. The summed E-state index contributed by atoms with van der Waals surface area (Å²) in [7, 11) is 0. The molecular formula is C17H17Cl2FN2O3S. The van der Waals surface area contributed by atoms with Crippen LogP contribution in [0.5, 0.6) is 0 Å². The van der Waals surface area contributed by atoms with Crippen molar-refractivity contribution in [1.29, 1.82) is 0 Å². The molecule has 1 amide bonds. The molecular weight excluding hydrogens is 402 g/mol. The zero-order chi connectivity index (χ0) is 19.3. The lowest BCUT2D eigenvalue weighted by molar-refractivity contribution is -0.131. The zero-order valence-corrected chi connectivity index (χ0v) is 16.4. The maximum absolute atomic E-state index is 12.9. The van der Waals surface area contributed by atoms with E-state index in [1.54, 1.807) is 12.1 Å². The van der Waals surface area contributed by atoms with E-state index in [0.29, 0.717) is 6.42 Å². The van der Waals surface area contributed by atoms with Gasteiger partial charge in [0.25, 0.3) is 5.91 Å². The van der Waals surface area contributed by atoms with Crippen molar-refractivity contribution in [2.45, 2.75) is 32.9 Å². The number of hydrogen-bond acceptors (Lipinski definition) is 5. The number of carbonyl (C=O) groups excluding carboxylic acids is 2. The highest BCUT2D eigenvalue weighted by molar-refractivity contribution is 7.11. The number of amides is 1. The van der Waals surface area contributed by atoms with E-state index in [0.717, 1.165) is 17.1 Å². The number of rotatable bonds is 7. The molecule has 26 heavy (non-hydrogen) atoms. The number of hydrogen-bond donors (Lipinski definition) is 1. The summed E-state index contributed by atoms with van der Waals surface area (Å²) < 4.78 is 22.3. The molecule has 140 valence electrons. The molecule has 0 unspecified atom stereocenters. The third-order valence-electron chi connectivity index (χ3n) is 3.40. The smallest absolute Gasteiger partial charge is 0.360 e. The molecule has 1 aromatic heterocycles. The molecule has 0 aliphatic carbocycles. The van der Waals surface area contributed by atoms with Crippen molar-refractivity contribution in [3.63, 3.8) is 0 Å². The van der Waals surface area contributed by atoms with Gasteiger partial charge >= 0.3 is 5.97 Å². The second-order valence-corrected chi connectivity index (χ2v) is 7.74. The third-order valence-corrected chi connectivity index (χ3v) is 5.01. The number of aromatic nitrogens is 1. The first-order chi connectivity index (χ1) is 12.3. The van der Waals surface area contributed by atoms with Gasteiger partial charge in [-0.15, -0.1) is 0 Å². The average Bonchev–Trinajstić information content (AvgIpc) is 2.92. The third kappa shape index (κ3) is 5.65. The predicted molar refractivity (Wildman–Crippen MR) is 99.0 cm³/mol. The Morgan fingerprint density at radius 3 is 2.46 bits per heavy atom. The van der Waals surface area contributed by atoms with Crippen LogP contribution in [0.2, 0.25) is 9.36 Å². The van der Waals surface area contributed by atoms with Gasteiger partial charge in [0, 0.05) is 6.54 Å². The number of nitrogens with zero attached hydrogens (tertiary/aromatic N) is 1. The predicted octanol–water partition coefficient (Wildman–Crippen LogP) is 4.48. The molecule has 2 rings (SSSR count). The summed E-state index contributed by atoms with van der Waals surface area (Å²) in [6.07, 6.45) is -0.671. The average molecular weight is 419 g/mol. The topological polar surface area (TPSA) is 68.3 Å². The molecule has 2 aromatic rings. The summed E-state index contributed by atoms with van der Waals surface area (Å²) in [4.78, 5) is 24.7. The van der Waals surface area contributed by atoms with Crippen molar-refractivity contribution in [2.24, 2.45) is 5.92 Å². The molecule has 0 aliphatic rings. The van der Waals surface area contributed by atoms with E-state index in [9.17, 15) is 14.0 Å². The van der Waals surface area contributed by atoms with Crippen molar-refractivity contribution in [3.05, 3.63) is 50.7 Å². The van der Waals surface area contributed by atoms with Gasteiger partial charge in [-0.05, 0) is 41.6 Å². The summed E-state index contributed by atoms with van der Waals surface area (Å²) in [5.74, 6) is -1.50. The van der Waals surface area contributed by atoms with Gasteiger partial charge in [0.15, 0.2) is 11.8 Å². The van der Waals surface area contributed by atoms with Crippen LogP contribution in [0.1, 0.15) is 36.3 Å². The number of carbonyl (C=O) groups is 2. The second kappa shape index (κ2) is 9.30. The van der Waals surface area contributed by atoms with Gasteiger partial charge in [-0.1, -0.05) is 49.2 Å². The maximum atomic E-state index is 12.9. The molecule has 0 saturated carbocycles. The molecule has 0 radical (unpaired) electrons. The van der Waals surface area contributed by atoms with E-state index in [4.69, 9.17) is 27.9 Å². The Morgan fingerprint density at radius 2 is 1.92 bits per heavy atom. The summed E-state index contributed by atoms with van der Waals surface area (Å²) in [5, 5.41) is 2.70. The zero-order valence-electron chi connectivity index (χ0n) is 14.1. The van der Waals surface area contributed by atoms with Crippen LogP contribution < -0.4 is 5.32 Å². The van der Waals surface area contributed by atoms with Gasteiger partial charge < -0.3 is 10.1 Å². The van der Waals surface area contributed by atoms with E-state index in [1.807, 2.05) is 13.8 Å². The number of ether oxygens (including phenoxy) is 1. The lowest BCUT2D eigenvalue weighted by atomic mass is 10.1. The quantitative estimate of drug-likeness (QED) is 0.673. The molecule has 0 aliphatic heterocycles. The Hall–Kier alpha value is -1.70. The highest BCUT2D eigenvalue weighted by atomic mass is 35.5. The molecule has 0 bridgehead atoms. The summed E-state index contributed by atoms with van der Waals surface area (Å²) in [6, 6.07) is 5.74. The van der Waals surface area contributed by atoms with Gasteiger partial charge in [-0.25, -0.2) is 9.18 Å². The van der Waals surface area contributed by atoms with Crippen LogP contribution in [-0.2, 0) is 16.1 Å². The van der Waals surface area contributed by atoms with Crippen LogP contribution in [0, 0.1) is 11.7 Å². The van der Waals surface area contributed by atoms with E-state index in [2.05, 4.69) is 9.69 Å². The van der Waals surface area contributed by atoms with Gasteiger partial charge in [0.05, 0.1) is 0 Å². The largest absolute Gasteiger partial charge is 0.447 e. The van der Waals surface area contributed by atoms with Crippen molar-refractivity contribution in [3.8, 4) is 0 Å². The van der Waals surface area contributed by atoms with Crippen LogP contribution in [0.4, 0.5) is 4.39 Å². The second-order valence-electron chi connectivity index (χ2n) is 5.99. The Balaban J connectivity index is 2.03. The molecule has 0 fully saturated rings. The molecule has 1 N–H and O–H groups in total. The number of halogens is 3. The first-order valence-corrected chi connectivity index (χ1v) is 9.34. The highest BCUT2D eigenvalue weighted by Crippen LogP contribution is 2.30. The number of benzene rings is 1. The SMILES string of the molecule is CC(C)C[C@H](OC(=O)c1nsc(Cl)c1Cl)C(=O)NCc1ccc(F)cc1. The summed E-state index contributed by atoms with van der Waals surface area (Å²) in [6.45, 7) is 4.00. The Labute approximate surface area is 164 Å². The molecule has 1 aromatic carbocycles. The molecule has 9 heteroatoms. The lowest BCUT2D eigenvalue weighted by Crippen LogP contribution is -2.38. The van der Waals surface area contributed by atoms with Crippen LogP contribution in [0.15, 0.2) is 24.3 Å². The fourth-order valence-corrected chi connectivity index (χ4v) is 3.09. The van der Waals surface area contributed by atoms with Crippen molar-refractivity contribution in [2.75, 3.05) is 0 Å². The summed E-state index contributed by atoms with van der Waals surface area (Å²) >= 11 is 12.6. The summed E-state index contributed by atoms with van der Waals surface area (Å²) in [5.41, 5.74) is 0.616. The van der Waals surface area contributed by atoms with Gasteiger partial charge in [0.1, 0.15) is 15.2 Å². The van der Waals surface area contributed by atoms with Gasteiger partial charge in [-0.2, -0.15) is 4.37 Å². The van der Waals surface area contributed by atoms with E-state index < -0.39 is 18.0 Å². The normalized spacial score (nSPS) is 12.1. The molecule has 5 nitrogen and oxygen atoms in total. The minimum Gasteiger partial charge on any atom is -0.447 e. The molecule has 1 atom stereocenters. The van der Waals surface area contributed by atoms with Gasteiger partial charge in [-0.3, -0.25) is 4.79 Å². The van der Waals surface area contributed by atoms with Crippen LogP contribution in [-0.4, -0.2) is 22.4 Å². The molecule has 0 spiro atoms. The standard InChI is InChI=1S/C17H17Cl2FN2O3S/c1-9(2)7-12(25-17(24)14-13(18)15(19)26-22-14)16(23)21-8-10-3-5-11(20)6-4-10/h3-6,9,12H,7-8H2,1-2H3,(H,21,23)/t12-/m0/s1. The Kier molecular flexibility index (Phi) is 7.37. The first kappa shape index (κ1) is 20.6. The fraction of sp³-hybridized carbons (Fsp3) is 0.353. The molecule has 1 heterocycles. The van der Waals surface area contributed by atoms with Crippen LogP contribution >= 0.6 is 34.7 Å². The minimum atomic E-state index is -1.00. The first-order valence-electron chi connectivity index (χ1n) is 7.81. The van der Waals surface area contributed by atoms with Crippen molar-refractivity contribution < 1.29 is 18.7 Å². The van der Waals surface area contributed by atoms with Gasteiger partial charge in [0.2, 0.25) is 0 Å².